The number of carbonyl (C=O) groups is 1. The van der Waals surface area contributed by atoms with Crippen LogP contribution in [0.15, 0.2) is 35.1 Å². The lowest BCUT2D eigenvalue weighted by Crippen LogP contribution is -2.38. The molecular formula is C25H32N8O4S. The van der Waals surface area contributed by atoms with E-state index in [-0.39, 0.29) is 12.6 Å². The summed E-state index contributed by atoms with van der Waals surface area (Å²) in [6, 6.07) is 5.69. The standard InChI is InChI=1S/C25H32N8O4S/c1-25(2,16-34)22-29-21(31-37-22)5-6-26-23(35)30-24-28-19-4-3-17(13-20(19)38-24)18-14-27-33(15-18)8-7-32-9-11-36-12-10-32/h3-4,13-15,34H,5-12,16H2,1-2H3,(H2,26,28,30,35). The summed E-state index contributed by atoms with van der Waals surface area (Å²) in [4.78, 5) is 23.6. The number of thiazole rings is 1. The van der Waals surface area contributed by atoms with Crippen LogP contribution in [0, 0.1) is 0 Å². The Morgan fingerprint density at radius 3 is 2.84 bits per heavy atom. The van der Waals surface area contributed by atoms with Gasteiger partial charge < -0.3 is 19.7 Å². The highest BCUT2D eigenvalue weighted by Crippen LogP contribution is 2.30. The van der Waals surface area contributed by atoms with E-state index in [1.54, 1.807) is 0 Å². The molecule has 0 aliphatic carbocycles. The summed E-state index contributed by atoms with van der Waals surface area (Å²) in [5, 5.41) is 24.0. The van der Waals surface area contributed by atoms with Gasteiger partial charge in [0, 0.05) is 44.4 Å². The Bertz CT molecular complexity index is 1370. The van der Waals surface area contributed by atoms with Gasteiger partial charge in [0.1, 0.15) is 0 Å². The van der Waals surface area contributed by atoms with Gasteiger partial charge in [-0.1, -0.05) is 22.6 Å². The molecule has 0 atom stereocenters. The third-order valence-corrected chi connectivity index (χ3v) is 7.33. The Hall–Kier alpha value is -3.39. The quantitative estimate of drug-likeness (QED) is 0.276. The van der Waals surface area contributed by atoms with Gasteiger partial charge >= 0.3 is 6.03 Å². The van der Waals surface area contributed by atoms with Crippen LogP contribution in [0.25, 0.3) is 21.3 Å². The Kier molecular flexibility index (Phi) is 7.98. The maximum Gasteiger partial charge on any atom is 0.321 e. The molecule has 1 aliphatic rings. The second-order valence-electron chi connectivity index (χ2n) is 9.84. The van der Waals surface area contributed by atoms with Gasteiger partial charge in [0.25, 0.3) is 0 Å². The number of rotatable bonds is 10. The molecule has 4 aromatic rings. The molecule has 12 nitrogen and oxygen atoms in total. The van der Waals surface area contributed by atoms with E-state index in [0.717, 1.165) is 60.7 Å². The molecule has 4 heterocycles. The zero-order valence-electron chi connectivity index (χ0n) is 21.5. The van der Waals surface area contributed by atoms with E-state index in [4.69, 9.17) is 9.26 Å². The number of nitrogens with one attached hydrogen (secondary N) is 2. The number of hydrogen-bond acceptors (Lipinski definition) is 10. The van der Waals surface area contributed by atoms with Crippen LogP contribution in [0.4, 0.5) is 9.93 Å². The highest BCUT2D eigenvalue weighted by Gasteiger charge is 2.26. The number of aliphatic hydroxyl groups is 1. The Labute approximate surface area is 224 Å². The van der Waals surface area contributed by atoms with E-state index in [9.17, 15) is 9.90 Å². The molecule has 202 valence electrons. The first-order valence-electron chi connectivity index (χ1n) is 12.6. The van der Waals surface area contributed by atoms with Crippen molar-refractivity contribution in [1.29, 1.82) is 0 Å². The van der Waals surface area contributed by atoms with Gasteiger partial charge in [0.2, 0.25) is 5.89 Å². The molecule has 1 saturated heterocycles. The molecule has 0 saturated carbocycles. The number of hydrogen-bond donors (Lipinski definition) is 3. The highest BCUT2D eigenvalue weighted by molar-refractivity contribution is 7.22. The van der Waals surface area contributed by atoms with Gasteiger partial charge in [-0.25, -0.2) is 9.78 Å². The molecule has 38 heavy (non-hydrogen) atoms. The molecule has 0 radical (unpaired) electrons. The zero-order chi connectivity index (χ0) is 26.5. The number of urea groups is 1. The molecule has 0 bridgehead atoms. The third-order valence-electron chi connectivity index (χ3n) is 6.40. The van der Waals surface area contributed by atoms with Crippen LogP contribution >= 0.6 is 11.3 Å². The van der Waals surface area contributed by atoms with Crippen molar-refractivity contribution in [2.75, 3.05) is 51.3 Å². The summed E-state index contributed by atoms with van der Waals surface area (Å²) < 4.78 is 13.6. The van der Waals surface area contributed by atoms with Crippen molar-refractivity contribution in [3.05, 3.63) is 42.3 Å². The number of fused-ring (bicyclic) bond motifs is 1. The van der Waals surface area contributed by atoms with Crippen molar-refractivity contribution >= 4 is 32.7 Å². The van der Waals surface area contributed by atoms with Crippen LogP contribution in [0.3, 0.4) is 0 Å². The number of morpholine rings is 1. The third kappa shape index (κ3) is 6.35. The normalized spacial score (nSPS) is 14.7. The second kappa shape index (κ2) is 11.6. The lowest BCUT2D eigenvalue weighted by Gasteiger charge is -2.26. The van der Waals surface area contributed by atoms with Gasteiger partial charge in [0.05, 0.1) is 48.2 Å². The first-order valence-corrected chi connectivity index (χ1v) is 13.4. The van der Waals surface area contributed by atoms with E-state index in [0.29, 0.717) is 29.8 Å². The molecule has 1 aromatic carbocycles. The maximum absolute atomic E-state index is 12.4. The van der Waals surface area contributed by atoms with E-state index < -0.39 is 5.41 Å². The minimum absolute atomic E-state index is 0.0993. The van der Waals surface area contributed by atoms with Crippen molar-refractivity contribution in [2.24, 2.45) is 0 Å². The van der Waals surface area contributed by atoms with Crippen molar-refractivity contribution in [3.8, 4) is 11.1 Å². The van der Waals surface area contributed by atoms with Crippen molar-refractivity contribution in [3.63, 3.8) is 0 Å². The number of anilines is 1. The van der Waals surface area contributed by atoms with Crippen molar-refractivity contribution in [2.45, 2.75) is 32.2 Å². The molecule has 0 unspecified atom stereocenters. The minimum atomic E-state index is -0.605. The van der Waals surface area contributed by atoms with Crippen LogP contribution in [0.1, 0.15) is 25.6 Å². The predicted molar refractivity (Wildman–Crippen MR) is 143 cm³/mol. The molecular weight excluding hydrogens is 508 g/mol. The van der Waals surface area contributed by atoms with Gasteiger partial charge in [-0.05, 0) is 31.5 Å². The second-order valence-corrected chi connectivity index (χ2v) is 10.9. The van der Waals surface area contributed by atoms with Gasteiger partial charge in [0.15, 0.2) is 11.0 Å². The van der Waals surface area contributed by atoms with E-state index in [2.05, 4.69) is 48.0 Å². The fraction of sp³-hybridized carbons (Fsp3) is 0.480. The first kappa shape index (κ1) is 26.2. The average molecular weight is 541 g/mol. The van der Waals surface area contributed by atoms with Crippen LogP contribution in [-0.4, -0.2) is 86.9 Å². The minimum Gasteiger partial charge on any atom is -0.395 e. The van der Waals surface area contributed by atoms with Gasteiger partial charge in [-0.15, -0.1) is 0 Å². The fourth-order valence-electron chi connectivity index (χ4n) is 3.99. The number of benzene rings is 1. The molecule has 3 aromatic heterocycles. The number of ether oxygens (including phenoxy) is 1. The summed E-state index contributed by atoms with van der Waals surface area (Å²) in [7, 11) is 0. The van der Waals surface area contributed by atoms with Crippen LogP contribution in [0.5, 0.6) is 0 Å². The van der Waals surface area contributed by atoms with Crippen LogP contribution in [-0.2, 0) is 23.1 Å². The summed E-state index contributed by atoms with van der Waals surface area (Å²) in [5.41, 5.74) is 2.31. The molecule has 13 heteroatoms. The summed E-state index contributed by atoms with van der Waals surface area (Å²) in [6.45, 7) is 9.17. The summed E-state index contributed by atoms with van der Waals surface area (Å²) in [6.07, 6.45) is 4.35. The number of amides is 2. The topological polar surface area (TPSA) is 143 Å². The Balaban J connectivity index is 1.13. The van der Waals surface area contributed by atoms with Crippen LogP contribution < -0.4 is 10.6 Å². The average Bonchev–Trinajstić information content (AvgIpc) is 3.67. The largest absolute Gasteiger partial charge is 0.395 e. The number of aliphatic hydroxyl groups excluding tert-OH is 1. The zero-order valence-corrected chi connectivity index (χ0v) is 22.3. The number of carbonyl (C=O) groups excluding carboxylic acids is 1. The molecule has 2 amide bonds. The van der Waals surface area contributed by atoms with Gasteiger partial charge in [-0.2, -0.15) is 10.1 Å². The number of aromatic nitrogens is 5. The molecule has 3 N–H and O–H groups in total. The monoisotopic (exact) mass is 540 g/mol. The molecule has 5 rings (SSSR count). The first-order chi connectivity index (χ1) is 18.4. The fourth-order valence-corrected chi connectivity index (χ4v) is 4.89. The highest BCUT2D eigenvalue weighted by atomic mass is 32.1. The molecule has 1 fully saturated rings. The lowest BCUT2D eigenvalue weighted by atomic mass is 9.95. The smallest absolute Gasteiger partial charge is 0.321 e. The SMILES string of the molecule is CC(C)(CO)c1nc(CCNC(=O)Nc2nc3ccc(-c4cnn(CCN5CCOCC5)c4)cc3s2)no1. The van der Waals surface area contributed by atoms with Crippen molar-refractivity contribution in [1.82, 2.24) is 35.1 Å². The van der Waals surface area contributed by atoms with Crippen molar-refractivity contribution < 1.29 is 19.2 Å². The lowest BCUT2D eigenvalue weighted by molar-refractivity contribution is 0.0360. The predicted octanol–water partition coefficient (Wildman–Crippen LogP) is 2.51. The van der Waals surface area contributed by atoms with Gasteiger partial charge in [-0.3, -0.25) is 14.9 Å². The summed E-state index contributed by atoms with van der Waals surface area (Å²) in [5.74, 6) is 0.840. The molecule has 0 spiro atoms. The molecule has 1 aliphatic heterocycles. The maximum atomic E-state index is 12.4. The number of nitrogens with zero attached hydrogens (tertiary/aromatic N) is 6. The van der Waals surface area contributed by atoms with E-state index >= 15 is 0 Å². The summed E-state index contributed by atoms with van der Waals surface area (Å²) >= 11 is 1.42. The Morgan fingerprint density at radius 1 is 1.18 bits per heavy atom. The van der Waals surface area contributed by atoms with E-state index in [1.807, 2.05) is 36.9 Å². The van der Waals surface area contributed by atoms with E-state index in [1.165, 1.54) is 11.3 Å². The Morgan fingerprint density at radius 2 is 2.03 bits per heavy atom. The van der Waals surface area contributed by atoms with Crippen LogP contribution in [0.2, 0.25) is 0 Å².